The SMILES string of the molecule is COc1ccc(NC(=O)C(C)Sc2ccc(NC(=O)c3ccco3)cc2)cc1. The van der Waals surface area contributed by atoms with Crippen molar-refractivity contribution < 1.29 is 18.7 Å². The third kappa shape index (κ3) is 5.17. The van der Waals surface area contributed by atoms with Gasteiger partial charge in [-0.3, -0.25) is 9.59 Å². The molecule has 144 valence electrons. The van der Waals surface area contributed by atoms with Gasteiger partial charge in [0.15, 0.2) is 5.76 Å². The molecule has 0 saturated carbocycles. The molecule has 1 atom stereocenters. The molecular weight excluding hydrogens is 376 g/mol. The van der Waals surface area contributed by atoms with Crippen LogP contribution >= 0.6 is 11.8 Å². The third-order valence-corrected chi connectivity index (χ3v) is 5.01. The minimum Gasteiger partial charge on any atom is -0.497 e. The number of carbonyl (C=O) groups is 2. The minimum atomic E-state index is -0.308. The monoisotopic (exact) mass is 396 g/mol. The van der Waals surface area contributed by atoms with E-state index in [4.69, 9.17) is 9.15 Å². The molecular formula is C21H20N2O4S. The summed E-state index contributed by atoms with van der Waals surface area (Å²) in [6.07, 6.45) is 1.45. The summed E-state index contributed by atoms with van der Waals surface area (Å²) in [4.78, 5) is 25.3. The summed E-state index contributed by atoms with van der Waals surface area (Å²) in [7, 11) is 1.60. The fourth-order valence-electron chi connectivity index (χ4n) is 2.39. The van der Waals surface area contributed by atoms with Crippen LogP contribution in [0.25, 0.3) is 0 Å². The van der Waals surface area contributed by atoms with Crippen molar-refractivity contribution in [1.82, 2.24) is 0 Å². The van der Waals surface area contributed by atoms with Gasteiger partial charge in [0.2, 0.25) is 5.91 Å². The van der Waals surface area contributed by atoms with Crippen LogP contribution in [0.1, 0.15) is 17.5 Å². The summed E-state index contributed by atoms with van der Waals surface area (Å²) in [5, 5.41) is 5.36. The number of anilines is 2. The fraction of sp³-hybridized carbons (Fsp3) is 0.143. The van der Waals surface area contributed by atoms with Gasteiger partial charge in [0.25, 0.3) is 5.91 Å². The number of amides is 2. The number of rotatable bonds is 7. The molecule has 3 aromatic rings. The van der Waals surface area contributed by atoms with Crippen molar-refractivity contribution >= 4 is 35.0 Å². The maximum Gasteiger partial charge on any atom is 0.291 e. The lowest BCUT2D eigenvalue weighted by Crippen LogP contribution is -2.22. The summed E-state index contributed by atoms with van der Waals surface area (Å²) in [6, 6.07) is 17.7. The van der Waals surface area contributed by atoms with E-state index < -0.39 is 0 Å². The molecule has 6 nitrogen and oxygen atoms in total. The number of nitrogens with one attached hydrogen (secondary N) is 2. The van der Waals surface area contributed by atoms with Gasteiger partial charge in [0.1, 0.15) is 5.75 Å². The van der Waals surface area contributed by atoms with Gasteiger partial charge < -0.3 is 19.8 Å². The van der Waals surface area contributed by atoms with Gasteiger partial charge in [-0.25, -0.2) is 0 Å². The van der Waals surface area contributed by atoms with Crippen molar-refractivity contribution in [2.24, 2.45) is 0 Å². The van der Waals surface area contributed by atoms with E-state index in [9.17, 15) is 9.59 Å². The molecule has 0 aliphatic rings. The maximum atomic E-state index is 12.4. The highest BCUT2D eigenvalue weighted by atomic mass is 32.2. The number of hydrogen-bond acceptors (Lipinski definition) is 5. The van der Waals surface area contributed by atoms with Gasteiger partial charge in [0.05, 0.1) is 18.6 Å². The van der Waals surface area contributed by atoms with Crippen LogP contribution in [0.5, 0.6) is 5.75 Å². The van der Waals surface area contributed by atoms with Gasteiger partial charge in [-0.2, -0.15) is 0 Å². The van der Waals surface area contributed by atoms with Crippen LogP contribution in [0.3, 0.4) is 0 Å². The number of benzene rings is 2. The van der Waals surface area contributed by atoms with Gasteiger partial charge in [-0.05, 0) is 67.6 Å². The first-order chi connectivity index (χ1) is 13.5. The van der Waals surface area contributed by atoms with E-state index in [0.717, 1.165) is 10.6 Å². The molecule has 0 radical (unpaired) electrons. The summed E-state index contributed by atoms with van der Waals surface area (Å²) >= 11 is 1.44. The van der Waals surface area contributed by atoms with Crippen molar-refractivity contribution in [2.75, 3.05) is 17.7 Å². The number of thioether (sulfide) groups is 1. The topological polar surface area (TPSA) is 80.6 Å². The predicted octanol–water partition coefficient (Wildman–Crippen LogP) is 4.66. The van der Waals surface area contributed by atoms with Crippen molar-refractivity contribution in [3.05, 3.63) is 72.7 Å². The lowest BCUT2D eigenvalue weighted by atomic mass is 10.3. The molecule has 0 fully saturated rings. The molecule has 1 heterocycles. The van der Waals surface area contributed by atoms with E-state index in [1.165, 1.54) is 18.0 Å². The zero-order valence-electron chi connectivity index (χ0n) is 15.5. The van der Waals surface area contributed by atoms with Crippen LogP contribution in [0.2, 0.25) is 0 Å². The molecule has 1 unspecified atom stereocenters. The van der Waals surface area contributed by atoms with Gasteiger partial charge in [0, 0.05) is 16.3 Å². The Bertz CT molecular complexity index is 922. The first kappa shape index (κ1) is 19.6. The molecule has 3 rings (SSSR count). The summed E-state index contributed by atoms with van der Waals surface area (Å²) in [6.45, 7) is 1.84. The van der Waals surface area contributed by atoms with Crippen molar-refractivity contribution in [2.45, 2.75) is 17.1 Å². The molecule has 28 heavy (non-hydrogen) atoms. The first-order valence-corrected chi connectivity index (χ1v) is 9.49. The van der Waals surface area contributed by atoms with Gasteiger partial charge in [-0.1, -0.05) is 0 Å². The Morgan fingerprint density at radius 2 is 1.61 bits per heavy atom. The molecule has 0 bridgehead atoms. The molecule has 7 heteroatoms. The van der Waals surface area contributed by atoms with Crippen LogP contribution in [0.4, 0.5) is 11.4 Å². The van der Waals surface area contributed by atoms with Crippen molar-refractivity contribution in [3.63, 3.8) is 0 Å². The molecule has 0 spiro atoms. The second-order valence-corrected chi connectivity index (χ2v) is 7.35. The van der Waals surface area contributed by atoms with Crippen LogP contribution in [-0.4, -0.2) is 24.2 Å². The smallest absolute Gasteiger partial charge is 0.291 e. The number of furan rings is 1. The Hall–Kier alpha value is -3.19. The molecule has 0 aliphatic heterocycles. The average Bonchev–Trinajstić information content (AvgIpc) is 3.25. The van der Waals surface area contributed by atoms with E-state index in [1.807, 2.05) is 19.1 Å². The van der Waals surface area contributed by atoms with Crippen LogP contribution in [0.15, 0.2) is 76.2 Å². The molecule has 2 N–H and O–H groups in total. The Labute approximate surface area is 167 Å². The Morgan fingerprint density at radius 3 is 2.21 bits per heavy atom. The first-order valence-electron chi connectivity index (χ1n) is 8.61. The highest BCUT2D eigenvalue weighted by Crippen LogP contribution is 2.26. The van der Waals surface area contributed by atoms with E-state index in [1.54, 1.807) is 55.6 Å². The zero-order valence-corrected chi connectivity index (χ0v) is 16.3. The summed E-state index contributed by atoms with van der Waals surface area (Å²) < 4.78 is 10.2. The molecule has 0 saturated heterocycles. The standard InChI is InChI=1S/C21H20N2O4S/c1-14(20(24)22-15-5-9-17(26-2)10-6-15)28-18-11-7-16(8-12-18)23-21(25)19-4-3-13-27-19/h3-14H,1-2H3,(H,22,24)(H,23,25). The third-order valence-electron chi connectivity index (χ3n) is 3.90. The number of carbonyl (C=O) groups excluding carboxylic acids is 2. The van der Waals surface area contributed by atoms with Crippen LogP contribution in [-0.2, 0) is 4.79 Å². The van der Waals surface area contributed by atoms with Crippen molar-refractivity contribution in [3.8, 4) is 5.75 Å². The maximum absolute atomic E-state index is 12.4. The van der Waals surface area contributed by atoms with E-state index in [-0.39, 0.29) is 22.8 Å². The number of ether oxygens (including phenoxy) is 1. The zero-order chi connectivity index (χ0) is 19.9. The summed E-state index contributed by atoms with van der Waals surface area (Å²) in [5.41, 5.74) is 1.37. The predicted molar refractivity (Wildman–Crippen MR) is 110 cm³/mol. The fourth-order valence-corrected chi connectivity index (χ4v) is 3.26. The Kier molecular flexibility index (Phi) is 6.39. The quantitative estimate of drug-likeness (QED) is 0.568. The molecule has 2 amide bonds. The highest BCUT2D eigenvalue weighted by Gasteiger charge is 2.15. The second kappa shape index (κ2) is 9.14. The summed E-state index contributed by atoms with van der Waals surface area (Å²) in [5.74, 6) is 0.588. The van der Waals surface area contributed by atoms with Gasteiger partial charge in [-0.15, -0.1) is 11.8 Å². The van der Waals surface area contributed by atoms with E-state index >= 15 is 0 Å². The Morgan fingerprint density at radius 1 is 0.964 bits per heavy atom. The average molecular weight is 396 g/mol. The molecule has 0 aliphatic carbocycles. The Balaban J connectivity index is 1.53. The van der Waals surface area contributed by atoms with Crippen LogP contribution < -0.4 is 15.4 Å². The van der Waals surface area contributed by atoms with Gasteiger partial charge >= 0.3 is 0 Å². The normalized spacial score (nSPS) is 11.5. The van der Waals surface area contributed by atoms with E-state index in [2.05, 4.69) is 10.6 Å². The lowest BCUT2D eigenvalue weighted by Gasteiger charge is -2.13. The highest BCUT2D eigenvalue weighted by molar-refractivity contribution is 8.00. The lowest BCUT2D eigenvalue weighted by molar-refractivity contribution is -0.115. The van der Waals surface area contributed by atoms with Crippen LogP contribution in [0, 0.1) is 0 Å². The molecule has 2 aromatic carbocycles. The largest absolute Gasteiger partial charge is 0.497 e. The minimum absolute atomic E-state index is 0.0923. The second-order valence-electron chi connectivity index (χ2n) is 5.93. The van der Waals surface area contributed by atoms with E-state index in [0.29, 0.717) is 11.4 Å². The molecule has 1 aromatic heterocycles. The number of methoxy groups -OCH3 is 1. The van der Waals surface area contributed by atoms with Crippen molar-refractivity contribution in [1.29, 1.82) is 0 Å². The number of hydrogen-bond donors (Lipinski definition) is 2.